The second kappa shape index (κ2) is 8.08. The summed E-state index contributed by atoms with van der Waals surface area (Å²) in [7, 11) is 0. The Morgan fingerprint density at radius 1 is 1.00 bits per heavy atom. The number of aromatic nitrogens is 2. The summed E-state index contributed by atoms with van der Waals surface area (Å²) in [5.74, 6) is 2.46. The maximum atomic E-state index is 13.5. The van der Waals surface area contributed by atoms with Crippen molar-refractivity contribution in [3.8, 4) is 0 Å². The lowest BCUT2D eigenvalue weighted by molar-refractivity contribution is -0.393. The molecule has 1 aromatic heterocycles. The van der Waals surface area contributed by atoms with Crippen molar-refractivity contribution in [3.05, 3.63) is 39.1 Å². The van der Waals surface area contributed by atoms with Crippen LogP contribution in [0.15, 0.2) is 16.6 Å². The van der Waals surface area contributed by atoms with Gasteiger partial charge in [0.1, 0.15) is 17.5 Å². The number of halogens is 1. The first-order chi connectivity index (χ1) is 15.2. The van der Waals surface area contributed by atoms with Gasteiger partial charge in [0.05, 0.1) is 17.2 Å². The number of piperidine rings is 1. The van der Waals surface area contributed by atoms with Crippen LogP contribution in [0.2, 0.25) is 0 Å². The first-order valence-electron chi connectivity index (χ1n) is 11.3. The van der Waals surface area contributed by atoms with E-state index in [2.05, 4.69) is 20.8 Å². The van der Waals surface area contributed by atoms with E-state index in [1.807, 2.05) is 46.8 Å². The van der Waals surface area contributed by atoms with Crippen LogP contribution in [0.5, 0.6) is 0 Å². The Hall–Kier alpha value is -2.03. The van der Waals surface area contributed by atoms with Gasteiger partial charge in [-0.2, -0.15) is 0 Å². The maximum Gasteiger partial charge on any atom is 0.240 e. The number of rotatable bonds is 3. The number of carbonyl (C=O) groups is 1. The SMILES string of the molecule is Cc1nc(N2CCC(C3OC(C)O3)CC2)c2c(n1)N(c1c(C)cc(Br)cc1C)C(=O)C2C. The summed E-state index contributed by atoms with van der Waals surface area (Å²) < 4.78 is 12.4. The van der Waals surface area contributed by atoms with Crippen molar-refractivity contribution >= 4 is 39.2 Å². The molecule has 2 aromatic rings. The molecule has 170 valence electrons. The van der Waals surface area contributed by atoms with Crippen molar-refractivity contribution in [2.45, 2.75) is 66.0 Å². The van der Waals surface area contributed by atoms with Crippen LogP contribution in [0.3, 0.4) is 0 Å². The summed E-state index contributed by atoms with van der Waals surface area (Å²) in [5, 5.41) is 0. The third-order valence-corrected chi connectivity index (χ3v) is 7.27. The van der Waals surface area contributed by atoms with Crippen LogP contribution in [-0.4, -0.2) is 41.5 Å². The highest BCUT2D eigenvalue weighted by atomic mass is 79.9. The van der Waals surface area contributed by atoms with Crippen LogP contribution in [0.4, 0.5) is 17.3 Å². The van der Waals surface area contributed by atoms with Crippen LogP contribution < -0.4 is 9.80 Å². The quantitative estimate of drug-likeness (QED) is 0.597. The van der Waals surface area contributed by atoms with Crippen molar-refractivity contribution in [2.75, 3.05) is 22.9 Å². The van der Waals surface area contributed by atoms with Gasteiger partial charge in [-0.1, -0.05) is 15.9 Å². The van der Waals surface area contributed by atoms with Gasteiger partial charge in [0.15, 0.2) is 12.6 Å². The van der Waals surface area contributed by atoms with Crippen molar-refractivity contribution in [1.29, 1.82) is 0 Å². The van der Waals surface area contributed by atoms with Crippen LogP contribution in [0.25, 0.3) is 0 Å². The van der Waals surface area contributed by atoms with Gasteiger partial charge in [-0.05, 0) is 70.7 Å². The standard InChI is InChI=1S/C24H29BrN4O3/c1-12-10-18(25)11-13(2)20(12)29-22-19(14(3)23(29)30)21(26-15(4)27-22)28-8-6-17(7-9-28)24-31-16(5)32-24/h10-11,14,16-17,24H,6-9H2,1-5H3. The zero-order valence-electron chi connectivity index (χ0n) is 19.2. The van der Waals surface area contributed by atoms with Crippen molar-refractivity contribution in [3.63, 3.8) is 0 Å². The number of aryl methyl sites for hydroxylation is 3. The van der Waals surface area contributed by atoms with Crippen LogP contribution >= 0.6 is 15.9 Å². The molecule has 8 heteroatoms. The number of hydrogen-bond donors (Lipinski definition) is 0. The number of hydrogen-bond acceptors (Lipinski definition) is 6. The van der Waals surface area contributed by atoms with Crippen LogP contribution in [0.1, 0.15) is 55.1 Å². The van der Waals surface area contributed by atoms with E-state index in [1.54, 1.807) is 4.90 Å². The topological polar surface area (TPSA) is 67.8 Å². The molecule has 0 bridgehead atoms. The van der Waals surface area contributed by atoms with Gasteiger partial charge in [-0.25, -0.2) is 9.97 Å². The monoisotopic (exact) mass is 500 g/mol. The predicted octanol–water partition coefficient (Wildman–Crippen LogP) is 4.88. The summed E-state index contributed by atoms with van der Waals surface area (Å²) in [5.41, 5.74) is 3.93. The number of nitrogens with zero attached hydrogens (tertiary/aromatic N) is 4. The summed E-state index contributed by atoms with van der Waals surface area (Å²) in [4.78, 5) is 27.2. The third kappa shape index (κ3) is 3.53. The Kier molecular flexibility index (Phi) is 5.50. The maximum absolute atomic E-state index is 13.5. The lowest BCUT2D eigenvalue weighted by Gasteiger charge is -2.43. The van der Waals surface area contributed by atoms with Gasteiger partial charge in [0.2, 0.25) is 5.91 Å². The average molecular weight is 501 g/mol. The molecule has 1 aromatic carbocycles. The van der Waals surface area contributed by atoms with Crippen molar-refractivity contribution < 1.29 is 14.3 Å². The number of fused-ring (bicyclic) bond motifs is 1. The lowest BCUT2D eigenvalue weighted by Crippen LogP contribution is -2.48. The van der Waals surface area contributed by atoms with E-state index in [0.29, 0.717) is 11.7 Å². The fraction of sp³-hybridized carbons (Fsp3) is 0.542. The number of carbonyl (C=O) groups excluding carboxylic acids is 1. The van der Waals surface area contributed by atoms with Crippen molar-refractivity contribution in [2.24, 2.45) is 5.92 Å². The van der Waals surface area contributed by atoms with Gasteiger partial charge >= 0.3 is 0 Å². The molecular weight excluding hydrogens is 472 g/mol. The summed E-state index contributed by atoms with van der Waals surface area (Å²) >= 11 is 3.56. The molecule has 0 spiro atoms. The van der Waals surface area contributed by atoms with E-state index in [4.69, 9.17) is 19.4 Å². The normalized spacial score (nSPS) is 25.8. The lowest BCUT2D eigenvalue weighted by atomic mass is 9.94. The van der Waals surface area contributed by atoms with E-state index in [0.717, 1.165) is 64.4 Å². The Morgan fingerprint density at radius 2 is 1.59 bits per heavy atom. The Balaban J connectivity index is 1.50. The van der Waals surface area contributed by atoms with Gasteiger partial charge in [0.25, 0.3) is 0 Å². The molecule has 7 nitrogen and oxygen atoms in total. The van der Waals surface area contributed by atoms with Gasteiger partial charge < -0.3 is 14.4 Å². The molecule has 5 rings (SSSR count). The van der Waals surface area contributed by atoms with Gasteiger partial charge in [-0.15, -0.1) is 0 Å². The first kappa shape index (κ1) is 21.8. The molecule has 1 amide bonds. The third-order valence-electron chi connectivity index (χ3n) is 6.81. The van der Waals surface area contributed by atoms with E-state index in [9.17, 15) is 4.79 Å². The van der Waals surface area contributed by atoms with Crippen molar-refractivity contribution in [1.82, 2.24) is 9.97 Å². The highest BCUT2D eigenvalue weighted by Gasteiger charge is 2.43. The van der Waals surface area contributed by atoms with E-state index in [1.165, 1.54) is 0 Å². The fourth-order valence-electron chi connectivity index (χ4n) is 5.24. The molecule has 4 heterocycles. The molecule has 2 saturated heterocycles. The molecular formula is C24H29BrN4O3. The second-order valence-corrected chi connectivity index (χ2v) is 10.1. The van der Waals surface area contributed by atoms with Gasteiger partial charge in [0, 0.05) is 23.5 Å². The minimum absolute atomic E-state index is 0.0508. The Labute approximate surface area is 197 Å². The first-order valence-corrected chi connectivity index (χ1v) is 12.1. The molecule has 2 fully saturated rings. The number of benzene rings is 1. The van der Waals surface area contributed by atoms with E-state index >= 15 is 0 Å². The summed E-state index contributed by atoms with van der Waals surface area (Å²) in [6, 6.07) is 4.09. The highest BCUT2D eigenvalue weighted by Crippen LogP contribution is 2.47. The van der Waals surface area contributed by atoms with E-state index < -0.39 is 0 Å². The molecule has 32 heavy (non-hydrogen) atoms. The largest absolute Gasteiger partial charge is 0.356 e. The smallest absolute Gasteiger partial charge is 0.240 e. The predicted molar refractivity (Wildman–Crippen MR) is 126 cm³/mol. The van der Waals surface area contributed by atoms with Crippen LogP contribution in [0, 0.1) is 26.7 Å². The molecule has 0 saturated carbocycles. The molecule has 0 radical (unpaired) electrons. The van der Waals surface area contributed by atoms with Gasteiger partial charge in [-0.3, -0.25) is 9.69 Å². The number of amides is 1. The van der Waals surface area contributed by atoms with E-state index in [-0.39, 0.29) is 24.4 Å². The molecule has 1 atom stereocenters. The zero-order chi connectivity index (χ0) is 22.7. The Morgan fingerprint density at radius 3 is 2.19 bits per heavy atom. The molecule has 1 unspecified atom stereocenters. The Bertz CT molecular complexity index is 1050. The average Bonchev–Trinajstić information content (AvgIpc) is 2.95. The molecule has 3 aliphatic heterocycles. The zero-order valence-corrected chi connectivity index (χ0v) is 20.8. The molecule has 0 aliphatic carbocycles. The fourth-order valence-corrected chi connectivity index (χ4v) is 5.92. The molecule has 3 aliphatic rings. The second-order valence-electron chi connectivity index (χ2n) is 9.15. The number of anilines is 3. The minimum Gasteiger partial charge on any atom is -0.356 e. The highest BCUT2D eigenvalue weighted by molar-refractivity contribution is 9.10. The summed E-state index contributed by atoms with van der Waals surface area (Å²) in [6.45, 7) is 11.6. The number of ether oxygens (including phenoxy) is 2. The molecule has 0 N–H and O–H groups in total. The van der Waals surface area contributed by atoms with Crippen LogP contribution in [-0.2, 0) is 14.3 Å². The summed E-state index contributed by atoms with van der Waals surface area (Å²) in [6.07, 6.45) is 1.79. The minimum atomic E-state index is -0.292.